The number of piperidine rings is 1. The van der Waals surface area contributed by atoms with E-state index >= 15 is 0 Å². The molecule has 0 saturated carbocycles. The number of hydrogen-bond donors (Lipinski definition) is 1. The van der Waals surface area contributed by atoms with Crippen LogP contribution in [0.5, 0.6) is 0 Å². The van der Waals surface area contributed by atoms with E-state index in [2.05, 4.69) is 44.8 Å². The largest absolute Gasteiger partial charge is 0.298 e. The summed E-state index contributed by atoms with van der Waals surface area (Å²) in [4.78, 5) is 16.8. The Morgan fingerprint density at radius 2 is 1.75 bits per heavy atom. The average molecular weight is 444 g/mol. The van der Waals surface area contributed by atoms with Crippen LogP contribution < -0.4 is 5.43 Å². The minimum Gasteiger partial charge on any atom is -0.298 e. The highest BCUT2D eigenvalue weighted by molar-refractivity contribution is 7.20. The van der Waals surface area contributed by atoms with E-state index < -0.39 is 0 Å². The number of nitrogens with one attached hydrogen (secondary N) is 1. The van der Waals surface area contributed by atoms with E-state index in [9.17, 15) is 4.79 Å². The van der Waals surface area contributed by atoms with Crippen molar-refractivity contribution in [2.45, 2.75) is 26.3 Å². The van der Waals surface area contributed by atoms with Crippen molar-refractivity contribution >= 4 is 33.2 Å². The van der Waals surface area contributed by atoms with Crippen LogP contribution in [0.15, 0.2) is 71.8 Å². The number of rotatable bonds is 5. The molecule has 5 rings (SSSR count). The van der Waals surface area contributed by atoms with Crippen molar-refractivity contribution < 1.29 is 4.79 Å². The number of aromatic nitrogens is 2. The monoisotopic (exact) mass is 443 g/mol. The molecule has 6 nitrogen and oxygen atoms in total. The maximum atomic E-state index is 12.8. The van der Waals surface area contributed by atoms with Crippen molar-refractivity contribution in [2.75, 3.05) is 13.1 Å². The van der Waals surface area contributed by atoms with Gasteiger partial charge < -0.3 is 0 Å². The number of thiophene rings is 1. The van der Waals surface area contributed by atoms with Gasteiger partial charge in [0.2, 0.25) is 0 Å². The smallest absolute Gasteiger partial charge is 0.281 e. The number of para-hydroxylation sites is 1. The van der Waals surface area contributed by atoms with Gasteiger partial charge in [-0.05, 0) is 30.7 Å². The molecule has 0 bridgehead atoms. The summed E-state index contributed by atoms with van der Waals surface area (Å²) in [7, 11) is 0. The lowest BCUT2D eigenvalue weighted by Crippen LogP contribution is -2.34. The fraction of sp³-hybridized carbons (Fsp3) is 0.240. The number of hydrazone groups is 1. The van der Waals surface area contributed by atoms with Crippen LogP contribution in [0.1, 0.15) is 33.8 Å². The number of carbonyl (C=O) groups is 1. The fourth-order valence-corrected chi connectivity index (χ4v) is 5.08. The van der Waals surface area contributed by atoms with Crippen molar-refractivity contribution in [3.63, 3.8) is 0 Å². The maximum Gasteiger partial charge on any atom is 0.281 e. The van der Waals surface area contributed by atoms with E-state index in [4.69, 9.17) is 0 Å². The van der Waals surface area contributed by atoms with Crippen LogP contribution in [-0.4, -0.2) is 39.4 Å². The molecule has 1 N–H and O–H groups in total. The molecule has 1 fully saturated rings. The molecule has 2 aromatic carbocycles. The number of hydrogen-bond acceptors (Lipinski definition) is 5. The zero-order valence-electron chi connectivity index (χ0n) is 18.0. The van der Waals surface area contributed by atoms with Crippen LogP contribution in [-0.2, 0) is 6.54 Å². The number of aryl methyl sites for hydroxylation is 1. The lowest BCUT2D eigenvalue weighted by Gasteiger charge is -2.27. The number of benzene rings is 2. The van der Waals surface area contributed by atoms with Gasteiger partial charge in [-0.25, -0.2) is 10.1 Å². The molecule has 0 aliphatic carbocycles. The number of likely N-dealkylation sites (tertiary alicyclic amines) is 1. The van der Waals surface area contributed by atoms with Gasteiger partial charge >= 0.3 is 0 Å². The summed E-state index contributed by atoms with van der Waals surface area (Å²) in [5.74, 6) is -0.163. The Labute approximate surface area is 191 Å². The van der Waals surface area contributed by atoms with Crippen molar-refractivity contribution in [1.29, 1.82) is 0 Å². The lowest BCUT2D eigenvalue weighted by molar-refractivity contribution is 0.0958. The van der Waals surface area contributed by atoms with Crippen LogP contribution in [0.4, 0.5) is 0 Å². The van der Waals surface area contributed by atoms with Crippen molar-refractivity contribution in [3.05, 3.63) is 82.9 Å². The summed E-state index contributed by atoms with van der Waals surface area (Å²) in [6, 6.07) is 22.4. The normalized spacial score (nSPS) is 14.6. The Balaban J connectivity index is 1.23. The van der Waals surface area contributed by atoms with Crippen molar-refractivity contribution in [2.24, 2.45) is 5.10 Å². The van der Waals surface area contributed by atoms with Gasteiger partial charge in [-0.1, -0.05) is 48.5 Å². The zero-order chi connectivity index (χ0) is 21.9. The Kier molecular flexibility index (Phi) is 5.83. The first kappa shape index (κ1) is 20.6. The van der Waals surface area contributed by atoms with E-state index in [1.54, 1.807) is 0 Å². The van der Waals surface area contributed by atoms with E-state index in [1.807, 2.05) is 54.1 Å². The molecule has 1 amide bonds. The number of fused-ring (bicyclic) bond motifs is 1. The van der Waals surface area contributed by atoms with Crippen LogP contribution in [0.25, 0.3) is 15.9 Å². The number of amides is 1. The topological polar surface area (TPSA) is 62.5 Å². The highest BCUT2D eigenvalue weighted by Gasteiger charge is 2.18. The van der Waals surface area contributed by atoms with Gasteiger partial charge in [0.1, 0.15) is 4.83 Å². The van der Waals surface area contributed by atoms with Crippen LogP contribution in [0.2, 0.25) is 0 Å². The summed E-state index contributed by atoms with van der Waals surface area (Å²) in [6.07, 6.45) is 1.75. The van der Waals surface area contributed by atoms with Gasteiger partial charge in [-0.15, -0.1) is 11.3 Å². The van der Waals surface area contributed by atoms with Crippen molar-refractivity contribution in [1.82, 2.24) is 20.1 Å². The molecule has 0 radical (unpaired) electrons. The Bertz CT molecular complexity index is 1250. The standard InChI is InChI=1S/C25H25N5OS/c1-18-22-16-23(32-25(22)30(28-18)21-10-6-3-7-11-21)24(31)27-26-20-12-14-29(15-13-20)17-19-8-4-2-5-9-19/h2-11,16H,12-15,17H2,1H3,(H,27,31). The fourth-order valence-electron chi connectivity index (χ4n) is 4.01. The quantitative estimate of drug-likeness (QED) is 0.452. The van der Waals surface area contributed by atoms with Gasteiger partial charge in [-0.2, -0.15) is 10.2 Å². The first-order valence-corrected chi connectivity index (χ1v) is 11.7. The summed E-state index contributed by atoms with van der Waals surface area (Å²) >= 11 is 1.45. The molecule has 1 aliphatic rings. The van der Waals surface area contributed by atoms with Gasteiger partial charge in [0.05, 0.1) is 16.3 Å². The number of nitrogens with zero attached hydrogens (tertiary/aromatic N) is 4. The Morgan fingerprint density at radius 1 is 1.06 bits per heavy atom. The molecule has 0 unspecified atom stereocenters. The predicted molar refractivity (Wildman–Crippen MR) is 130 cm³/mol. The second kappa shape index (κ2) is 9.06. The third kappa shape index (κ3) is 4.35. The third-order valence-electron chi connectivity index (χ3n) is 5.77. The Morgan fingerprint density at radius 3 is 2.47 bits per heavy atom. The van der Waals surface area contributed by atoms with E-state index in [1.165, 1.54) is 16.9 Å². The molecule has 2 aromatic heterocycles. The van der Waals surface area contributed by atoms with Gasteiger partial charge in [0.15, 0.2) is 0 Å². The SMILES string of the molecule is Cc1nn(-c2ccccc2)c2sc(C(=O)NN=C3CCN(Cc4ccccc4)CC3)cc12. The molecule has 32 heavy (non-hydrogen) atoms. The molecule has 0 spiro atoms. The first-order valence-electron chi connectivity index (χ1n) is 10.8. The summed E-state index contributed by atoms with van der Waals surface area (Å²) in [5, 5.41) is 10.1. The van der Waals surface area contributed by atoms with E-state index in [0.29, 0.717) is 4.88 Å². The average Bonchev–Trinajstić information content (AvgIpc) is 3.40. The minimum atomic E-state index is -0.163. The molecular formula is C25H25N5OS. The third-order valence-corrected chi connectivity index (χ3v) is 6.88. The van der Waals surface area contributed by atoms with Gasteiger partial charge in [0.25, 0.3) is 5.91 Å². The van der Waals surface area contributed by atoms with Gasteiger partial charge in [-0.3, -0.25) is 9.69 Å². The second-order valence-electron chi connectivity index (χ2n) is 8.04. The molecule has 0 atom stereocenters. The highest BCUT2D eigenvalue weighted by Crippen LogP contribution is 2.30. The van der Waals surface area contributed by atoms with E-state index in [0.717, 1.165) is 59.8 Å². The lowest BCUT2D eigenvalue weighted by atomic mass is 10.1. The molecule has 3 heterocycles. The van der Waals surface area contributed by atoms with Crippen molar-refractivity contribution in [3.8, 4) is 5.69 Å². The molecule has 4 aromatic rings. The van der Waals surface area contributed by atoms with Crippen LogP contribution in [0.3, 0.4) is 0 Å². The van der Waals surface area contributed by atoms with E-state index in [-0.39, 0.29) is 5.91 Å². The first-order chi connectivity index (χ1) is 15.7. The summed E-state index contributed by atoms with van der Waals surface area (Å²) in [5.41, 5.74) is 7.06. The second-order valence-corrected chi connectivity index (χ2v) is 9.07. The number of carbonyl (C=O) groups excluding carboxylic acids is 1. The Hall–Kier alpha value is -3.29. The molecule has 7 heteroatoms. The minimum absolute atomic E-state index is 0.163. The zero-order valence-corrected chi connectivity index (χ0v) is 18.8. The maximum absolute atomic E-state index is 12.8. The van der Waals surface area contributed by atoms with Crippen LogP contribution >= 0.6 is 11.3 Å². The summed E-state index contributed by atoms with van der Waals surface area (Å²) in [6.45, 7) is 4.84. The molecular weight excluding hydrogens is 418 g/mol. The summed E-state index contributed by atoms with van der Waals surface area (Å²) < 4.78 is 1.90. The molecule has 162 valence electrons. The van der Waals surface area contributed by atoms with Gasteiger partial charge in [0, 0.05) is 43.6 Å². The molecule has 1 aliphatic heterocycles. The highest BCUT2D eigenvalue weighted by atomic mass is 32.1. The van der Waals surface area contributed by atoms with Crippen LogP contribution in [0, 0.1) is 6.92 Å². The molecule has 1 saturated heterocycles. The predicted octanol–water partition coefficient (Wildman–Crippen LogP) is 4.78.